The van der Waals surface area contributed by atoms with Crippen molar-refractivity contribution in [2.75, 3.05) is 19.8 Å². The summed E-state index contributed by atoms with van der Waals surface area (Å²) in [5.41, 5.74) is 3.43. The van der Waals surface area contributed by atoms with E-state index in [0.717, 1.165) is 22.3 Å². The van der Waals surface area contributed by atoms with Gasteiger partial charge in [0.1, 0.15) is 5.60 Å². The molecule has 0 atom stereocenters. The van der Waals surface area contributed by atoms with Gasteiger partial charge in [0.05, 0.1) is 25.2 Å². The molecule has 0 amide bonds. The third-order valence-electron chi connectivity index (χ3n) is 8.56. The Labute approximate surface area is 284 Å². The van der Waals surface area contributed by atoms with E-state index >= 15 is 0 Å². The molecule has 0 saturated carbocycles. The predicted octanol–water partition coefficient (Wildman–Crippen LogP) is 5.07. The Hall–Kier alpha value is -1.10. The number of hydrogen-bond donors (Lipinski definition) is 10. The Balaban J connectivity index is 0.00000236. The van der Waals surface area contributed by atoms with Crippen molar-refractivity contribution in [2.24, 2.45) is 5.41 Å². The van der Waals surface area contributed by atoms with Gasteiger partial charge in [-0.15, -0.1) is 0 Å². The largest absolute Gasteiger partial charge is 0.395 e. The van der Waals surface area contributed by atoms with Crippen molar-refractivity contribution < 1.29 is 49.8 Å². The molecule has 0 aliphatic carbocycles. The van der Waals surface area contributed by atoms with Crippen LogP contribution >= 0.6 is 17.2 Å². The second-order valence-electron chi connectivity index (χ2n) is 16.4. The first-order valence-electron chi connectivity index (χ1n) is 15.5. The Morgan fingerprint density at radius 1 is 0.447 bits per heavy atom. The minimum absolute atomic E-state index is 0.221. The quantitative estimate of drug-likeness (QED) is 0.181. The molecule has 0 aliphatic heterocycles. The normalized spacial score (nSPS) is 13.3. The molecule has 10 N–H and O–H groups in total. The van der Waals surface area contributed by atoms with Crippen molar-refractivity contribution in [1.82, 2.24) is 0 Å². The van der Waals surface area contributed by atoms with Gasteiger partial charge in [-0.1, -0.05) is 107 Å². The monoisotopic (exact) mass is 704 g/mol. The van der Waals surface area contributed by atoms with E-state index in [0.29, 0.717) is 11.1 Å². The molecular weight excluding hydrogens is 642 g/mol. The minimum Gasteiger partial charge on any atom is -0.395 e. The maximum atomic E-state index is 13.1. The molecule has 2 aromatic carbocycles. The maximum absolute atomic E-state index is 13.1. The molecule has 0 saturated heterocycles. The van der Waals surface area contributed by atoms with E-state index in [1.807, 2.05) is 24.3 Å². The van der Waals surface area contributed by atoms with Crippen molar-refractivity contribution in [3.05, 3.63) is 68.8 Å². The first-order valence-corrected chi connectivity index (χ1v) is 17.9. The van der Waals surface area contributed by atoms with Crippen LogP contribution in [-0.4, -0.2) is 69.6 Å². The zero-order valence-corrected chi connectivity index (χ0v) is 32.6. The fourth-order valence-corrected chi connectivity index (χ4v) is 6.23. The maximum Gasteiger partial charge on any atom is 0.324 e. The molecule has 0 bridgehead atoms. The second-order valence-corrected chi connectivity index (χ2v) is 17.5. The summed E-state index contributed by atoms with van der Waals surface area (Å²) in [5.74, 6) is 0. The molecule has 0 aliphatic rings. The van der Waals surface area contributed by atoms with Crippen LogP contribution in [0.25, 0.3) is 0 Å². The number of aliphatic hydroxyl groups is 4. The molecule has 47 heavy (non-hydrogen) atoms. The topological polar surface area (TPSA) is 202 Å². The van der Waals surface area contributed by atoms with E-state index in [2.05, 4.69) is 96.9 Å². The summed E-state index contributed by atoms with van der Waals surface area (Å²) in [5, 5.41) is 45.5. The summed E-state index contributed by atoms with van der Waals surface area (Å²) in [6, 6.07) is 8.09. The highest BCUT2D eigenvalue weighted by Gasteiger charge is 2.53. The number of hydrogen-bond acceptors (Lipinski definition) is 10. The molecule has 0 aromatic heterocycles. The molecular formula is C35H62O10P2. The molecule has 10 nitrogen and oxygen atoms in total. The smallest absolute Gasteiger partial charge is 0.324 e. The SMILES string of the molecule is Cc1c(C(C)(C)C)cc(C(O)(c2cc(C(C)(C)C)c(C)c(C(C)(C)C)c2)C(CO)(CO)CO)cc1C(C)(C)C.OP(O)O.OP(O)O. The molecule has 0 radical (unpaired) electrons. The van der Waals surface area contributed by atoms with E-state index < -0.39 is 48.0 Å². The van der Waals surface area contributed by atoms with E-state index in [-0.39, 0.29) is 21.7 Å². The van der Waals surface area contributed by atoms with Gasteiger partial charge >= 0.3 is 17.2 Å². The Morgan fingerprint density at radius 3 is 0.745 bits per heavy atom. The van der Waals surface area contributed by atoms with Gasteiger partial charge in [0, 0.05) is 0 Å². The van der Waals surface area contributed by atoms with Gasteiger partial charge in [0.15, 0.2) is 0 Å². The molecule has 0 unspecified atom stereocenters. The van der Waals surface area contributed by atoms with Gasteiger partial charge in [0.2, 0.25) is 0 Å². The highest BCUT2D eigenvalue weighted by molar-refractivity contribution is 7.38. The standard InChI is InChI=1S/C35H56O4.2H3O3P/c1-22-26(30(3,4)5)15-24(16-27(22)31(6,7)8)35(39,34(19-36,20-37)21-38)25-17-28(32(9,10)11)23(2)29(18-25)33(12,13)14;2*1-4(2)3/h15-18,36-39H,19-21H2,1-14H3;2*1-3H. The van der Waals surface area contributed by atoms with Crippen LogP contribution in [0.2, 0.25) is 0 Å². The van der Waals surface area contributed by atoms with Gasteiger partial charge in [-0.25, -0.2) is 0 Å². The average Bonchev–Trinajstić information content (AvgIpc) is 2.86. The van der Waals surface area contributed by atoms with Crippen LogP contribution in [-0.2, 0) is 27.3 Å². The molecule has 272 valence electrons. The van der Waals surface area contributed by atoms with Gasteiger partial charge in [-0.3, -0.25) is 0 Å². The van der Waals surface area contributed by atoms with Gasteiger partial charge < -0.3 is 49.8 Å². The Morgan fingerprint density at radius 2 is 0.617 bits per heavy atom. The lowest BCUT2D eigenvalue weighted by Crippen LogP contribution is -2.54. The van der Waals surface area contributed by atoms with E-state index in [4.69, 9.17) is 29.4 Å². The minimum atomic E-state index is -2.62. The summed E-state index contributed by atoms with van der Waals surface area (Å²) in [6.07, 6.45) is 0. The number of rotatable bonds is 6. The second kappa shape index (κ2) is 16.7. The van der Waals surface area contributed by atoms with Crippen LogP contribution in [0.3, 0.4) is 0 Å². The van der Waals surface area contributed by atoms with Crippen molar-refractivity contribution in [3.8, 4) is 0 Å². The predicted molar refractivity (Wildman–Crippen MR) is 191 cm³/mol. The lowest BCUT2D eigenvalue weighted by atomic mass is 9.62. The van der Waals surface area contributed by atoms with Gasteiger partial charge in [0.25, 0.3) is 0 Å². The number of aliphatic hydroxyl groups excluding tert-OH is 3. The highest BCUT2D eigenvalue weighted by Crippen LogP contribution is 2.50. The molecule has 2 rings (SSSR count). The molecule has 0 heterocycles. The zero-order valence-electron chi connectivity index (χ0n) is 30.8. The molecule has 12 heteroatoms. The van der Waals surface area contributed by atoms with Crippen molar-refractivity contribution >= 4 is 17.2 Å². The third kappa shape index (κ3) is 11.5. The van der Waals surface area contributed by atoms with Gasteiger partial charge in [-0.05, 0) is 80.0 Å². The van der Waals surface area contributed by atoms with E-state index in [9.17, 15) is 20.4 Å². The summed E-state index contributed by atoms with van der Waals surface area (Å²) in [4.78, 5) is 43.4. The van der Waals surface area contributed by atoms with Crippen LogP contribution in [0.4, 0.5) is 0 Å². The first kappa shape index (κ1) is 45.9. The van der Waals surface area contributed by atoms with Crippen LogP contribution in [0.5, 0.6) is 0 Å². The van der Waals surface area contributed by atoms with Crippen LogP contribution in [0.1, 0.15) is 128 Å². The lowest BCUT2D eigenvalue weighted by molar-refractivity contribution is -0.136. The third-order valence-corrected chi connectivity index (χ3v) is 8.56. The van der Waals surface area contributed by atoms with E-state index in [1.165, 1.54) is 11.1 Å². The number of benzene rings is 2. The fraction of sp³-hybridized carbons (Fsp3) is 0.657. The summed E-state index contributed by atoms with van der Waals surface area (Å²) in [6.45, 7) is 28.3. The van der Waals surface area contributed by atoms with Crippen molar-refractivity contribution in [1.29, 1.82) is 0 Å². The first-order chi connectivity index (χ1) is 20.9. The highest BCUT2D eigenvalue weighted by atomic mass is 31.2. The molecule has 2 aromatic rings. The Bertz CT molecular complexity index is 1120. The Kier molecular flexibility index (Phi) is 16.3. The van der Waals surface area contributed by atoms with Crippen molar-refractivity contribution in [2.45, 2.75) is 124 Å². The molecule has 0 fully saturated rings. The van der Waals surface area contributed by atoms with Crippen LogP contribution in [0, 0.1) is 19.3 Å². The fourth-order valence-electron chi connectivity index (χ4n) is 6.23. The van der Waals surface area contributed by atoms with E-state index in [1.54, 1.807) is 0 Å². The summed E-state index contributed by atoms with van der Waals surface area (Å²) in [7, 11) is -5.24. The average molecular weight is 705 g/mol. The van der Waals surface area contributed by atoms with Crippen LogP contribution in [0.15, 0.2) is 24.3 Å². The zero-order chi connectivity index (χ0) is 37.7. The van der Waals surface area contributed by atoms with Crippen LogP contribution < -0.4 is 0 Å². The van der Waals surface area contributed by atoms with Crippen molar-refractivity contribution in [3.63, 3.8) is 0 Å². The summed E-state index contributed by atoms with van der Waals surface area (Å²) >= 11 is 0. The summed E-state index contributed by atoms with van der Waals surface area (Å²) < 4.78 is 0. The van der Waals surface area contributed by atoms with Gasteiger partial charge in [-0.2, -0.15) is 0 Å². The lowest BCUT2D eigenvalue weighted by Gasteiger charge is -2.47. The molecule has 0 spiro atoms.